The highest BCUT2D eigenvalue weighted by molar-refractivity contribution is 6.48. The van der Waals surface area contributed by atoms with Crippen molar-refractivity contribution in [2.75, 3.05) is 0 Å². The van der Waals surface area contributed by atoms with E-state index in [2.05, 4.69) is 25.1 Å². The molecule has 0 radical (unpaired) electrons. The third kappa shape index (κ3) is 0.763. The van der Waals surface area contributed by atoms with E-state index in [4.69, 9.17) is 4.65 Å². The van der Waals surface area contributed by atoms with Gasteiger partial charge in [0.2, 0.25) is 0 Å². The summed E-state index contributed by atoms with van der Waals surface area (Å²) in [7, 11) is 0.803. The minimum atomic E-state index is 0.803. The van der Waals surface area contributed by atoms with Crippen molar-refractivity contribution < 1.29 is 4.65 Å². The van der Waals surface area contributed by atoms with Crippen LogP contribution in [0.2, 0.25) is 0 Å². The molecule has 10 heavy (non-hydrogen) atoms. The Morgan fingerprint density at radius 3 is 3.20 bits per heavy atom. The summed E-state index contributed by atoms with van der Waals surface area (Å²) >= 11 is 0. The van der Waals surface area contributed by atoms with Gasteiger partial charge < -0.3 is 4.65 Å². The lowest BCUT2D eigenvalue weighted by Gasteiger charge is -1.99. The molecule has 0 amide bonds. The Labute approximate surface area is 61.3 Å². The Bertz CT molecular complexity index is 257. The van der Waals surface area contributed by atoms with Crippen LogP contribution in [0.25, 0.3) is 0 Å². The zero-order valence-corrected chi connectivity index (χ0v) is 6.05. The summed E-state index contributed by atoms with van der Waals surface area (Å²) in [6.45, 7) is 2.94. The van der Waals surface area contributed by atoms with Crippen LogP contribution in [0, 0.1) is 6.92 Å². The van der Waals surface area contributed by atoms with Crippen LogP contribution in [0.1, 0.15) is 11.1 Å². The monoisotopic (exact) mass is 132 g/mol. The van der Waals surface area contributed by atoms with E-state index in [0.29, 0.717) is 0 Å². The van der Waals surface area contributed by atoms with Crippen molar-refractivity contribution in [3.8, 4) is 0 Å². The lowest BCUT2D eigenvalue weighted by Crippen LogP contribution is -2.11. The Hall–Kier alpha value is -0.755. The fourth-order valence-corrected chi connectivity index (χ4v) is 1.37. The summed E-state index contributed by atoms with van der Waals surface area (Å²) in [6.07, 6.45) is 0. The first-order valence-electron chi connectivity index (χ1n) is 3.53. The molecule has 0 saturated heterocycles. The van der Waals surface area contributed by atoms with Gasteiger partial charge in [0.1, 0.15) is 0 Å². The van der Waals surface area contributed by atoms with Crippen molar-refractivity contribution in [3.63, 3.8) is 0 Å². The Balaban J connectivity index is 2.59. The third-order valence-electron chi connectivity index (χ3n) is 2.01. The molecule has 1 aliphatic heterocycles. The lowest BCUT2D eigenvalue weighted by atomic mass is 9.86. The number of benzene rings is 1. The molecule has 1 aliphatic rings. The fourth-order valence-electron chi connectivity index (χ4n) is 1.37. The van der Waals surface area contributed by atoms with Crippen molar-refractivity contribution in [2.45, 2.75) is 13.5 Å². The van der Waals surface area contributed by atoms with Crippen molar-refractivity contribution in [3.05, 3.63) is 29.3 Å². The maximum atomic E-state index is 5.30. The molecular weight excluding hydrogens is 123 g/mol. The van der Waals surface area contributed by atoms with Crippen LogP contribution in [-0.2, 0) is 11.3 Å². The van der Waals surface area contributed by atoms with Gasteiger partial charge in [-0.3, -0.25) is 0 Å². The van der Waals surface area contributed by atoms with E-state index in [-0.39, 0.29) is 0 Å². The molecule has 0 atom stereocenters. The molecule has 0 fully saturated rings. The second kappa shape index (κ2) is 2.13. The van der Waals surface area contributed by atoms with Crippen molar-refractivity contribution >= 4 is 12.9 Å². The Kier molecular flexibility index (Phi) is 1.28. The van der Waals surface area contributed by atoms with Crippen LogP contribution in [0.4, 0.5) is 0 Å². The zero-order chi connectivity index (χ0) is 6.97. The van der Waals surface area contributed by atoms with Crippen LogP contribution in [-0.4, -0.2) is 7.48 Å². The van der Waals surface area contributed by atoms with Gasteiger partial charge in [-0.25, -0.2) is 0 Å². The van der Waals surface area contributed by atoms with E-state index in [0.717, 1.165) is 14.1 Å². The lowest BCUT2D eigenvalue weighted by molar-refractivity contribution is 0.344. The predicted molar refractivity (Wildman–Crippen MR) is 42.8 cm³/mol. The molecule has 0 bridgehead atoms. The minimum absolute atomic E-state index is 0.803. The number of hydrogen-bond acceptors (Lipinski definition) is 1. The van der Waals surface area contributed by atoms with E-state index in [1.807, 2.05) is 0 Å². The second-order valence-corrected chi connectivity index (χ2v) is 2.71. The Morgan fingerprint density at radius 1 is 1.50 bits per heavy atom. The van der Waals surface area contributed by atoms with E-state index in [1.54, 1.807) is 0 Å². The van der Waals surface area contributed by atoms with Gasteiger partial charge in [-0.1, -0.05) is 18.2 Å². The van der Waals surface area contributed by atoms with Gasteiger partial charge in [-0.2, -0.15) is 0 Å². The van der Waals surface area contributed by atoms with Crippen molar-refractivity contribution in [1.82, 2.24) is 0 Å². The molecule has 0 saturated carbocycles. The molecule has 0 aromatic heterocycles. The molecule has 1 aromatic rings. The molecule has 1 heterocycles. The van der Waals surface area contributed by atoms with E-state index in [1.165, 1.54) is 16.6 Å². The molecule has 0 spiro atoms. The van der Waals surface area contributed by atoms with E-state index in [9.17, 15) is 0 Å². The van der Waals surface area contributed by atoms with Crippen LogP contribution in [0.5, 0.6) is 0 Å². The van der Waals surface area contributed by atoms with Gasteiger partial charge >= 0.3 is 7.48 Å². The smallest absolute Gasteiger partial charge is 0.309 e. The normalized spacial score (nSPS) is 14.5. The summed E-state index contributed by atoms with van der Waals surface area (Å²) in [6, 6.07) is 6.35. The molecule has 50 valence electrons. The number of hydrogen-bond donors (Lipinski definition) is 0. The van der Waals surface area contributed by atoms with Crippen LogP contribution in [0.3, 0.4) is 0 Å². The minimum Gasteiger partial charge on any atom is -0.430 e. The summed E-state index contributed by atoms with van der Waals surface area (Å²) < 4.78 is 5.30. The number of rotatable bonds is 0. The standard InChI is InChI=1S/C8H9BO/c1-6-3-2-4-8-7(6)5-10-9-8/h2-4,9H,5H2,1H3. The molecule has 2 rings (SSSR count). The highest BCUT2D eigenvalue weighted by Crippen LogP contribution is 2.09. The summed E-state index contributed by atoms with van der Waals surface area (Å²) in [5, 5.41) is 0. The molecule has 0 N–H and O–H groups in total. The summed E-state index contributed by atoms with van der Waals surface area (Å²) in [5.41, 5.74) is 4.11. The van der Waals surface area contributed by atoms with Gasteiger partial charge in [0.05, 0.1) is 6.61 Å². The van der Waals surface area contributed by atoms with Gasteiger partial charge in [-0.05, 0) is 23.5 Å². The highest BCUT2D eigenvalue weighted by atomic mass is 16.4. The first-order chi connectivity index (χ1) is 4.88. The summed E-state index contributed by atoms with van der Waals surface area (Å²) in [4.78, 5) is 0. The van der Waals surface area contributed by atoms with Gasteiger partial charge in [0, 0.05) is 0 Å². The van der Waals surface area contributed by atoms with Crippen molar-refractivity contribution in [1.29, 1.82) is 0 Å². The maximum absolute atomic E-state index is 5.30. The number of aryl methyl sites for hydroxylation is 1. The molecule has 2 heteroatoms. The third-order valence-corrected chi connectivity index (χ3v) is 2.01. The predicted octanol–water partition coefficient (Wildman–Crippen LogP) is 0.502. The van der Waals surface area contributed by atoms with Gasteiger partial charge in [0.25, 0.3) is 0 Å². The second-order valence-electron chi connectivity index (χ2n) is 2.71. The Morgan fingerprint density at radius 2 is 2.40 bits per heavy atom. The summed E-state index contributed by atoms with van der Waals surface area (Å²) in [5.74, 6) is 0. The maximum Gasteiger partial charge on any atom is 0.309 e. The fraction of sp³-hybridized carbons (Fsp3) is 0.250. The first kappa shape index (κ1) is 5.99. The van der Waals surface area contributed by atoms with Gasteiger partial charge in [0.15, 0.2) is 0 Å². The molecule has 1 nitrogen and oxygen atoms in total. The topological polar surface area (TPSA) is 9.23 Å². The molecule has 0 unspecified atom stereocenters. The number of fused-ring (bicyclic) bond motifs is 1. The average Bonchev–Trinajstić information content (AvgIpc) is 2.36. The SMILES string of the molecule is Cc1cccc2c1COB2. The molecule has 0 aliphatic carbocycles. The first-order valence-corrected chi connectivity index (χ1v) is 3.53. The van der Waals surface area contributed by atoms with Crippen LogP contribution in [0.15, 0.2) is 18.2 Å². The largest absolute Gasteiger partial charge is 0.430 e. The highest BCUT2D eigenvalue weighted by Gasteiger charge is 2.13. The van der Waals surface area contributed by atoms with Crippen LogP contribution >= 0.6 is 0 Å². The quantitative estimate of drug-likeness (QED) is 0.467. The van der Waals surface area contributed by atoms with E-state index >= 15 is 0 Å². The van der Waals surface area contributed by atoms with Crippen LogP contribution < -0.4 is 5.46 Å². The van der Waals surface area contributed by atoms with Crippen molar-refractivity contribution in [2.24, 2.45) is 0 Å². The average molecular weight is 132 g/mol. The molecule has 1 aromatic carbocycles. The zero-order valence-electron chi connectivity index (χ0n) is 6.05. The molecular formula is C8H9BO. The van der Waals surface area contributed by atoms with E-state index < -0.39 is 0 Å². The van der Waals surface area contributed by atoms with Gasteiger partial charge in [-0.15, -0.1) is 0 Å².